The lowest BCUT2D eigenvalue weighted by molar-refractivity contribution is 0.103. The standard InChI is InChI=1S/C16H14N2O/c1-11-3-6-13(7-4-11)16(19)14-10-18-9-12(2)5-8-15(18)17-14/h3-10H,1-2H3. The number of hydrogen-bond donors (Lipinski definition) is 0. The predicted molar refractivity (Wildman–Crippen MR) is 74.5 cm³/mol. The summed E-state index contributed by atoms with van der Waals surface area (Å²) < 4.78 is 1.89. The molecular weight excluding hydrogens is 236 g/mol. The summed E-state index contributed by atoms with van der Waals surface area (Å²) in [4.78, 5) is 16.7. The van der Waals surface area contributed by atoms with Gasteiger partial charge in [-0.1, -0.05) is 35.9 Å². The van der Waals surface area contributed by atoms with Gasteiger partial charge in [0.1, 0.15) is 11.3 Å². The van der Waals surface area contributed by atoms with E-state index in [4.69, 9.17) is 0 Å². The van der Waals surface area contributed by atoms with Crippen molar-refractivity contribution in [1.82, 2.24) is 9.38 Å². The van der Waals surface area contributed by atoms with Gasteiger partial charge in [0.15, 0.2) is 0 Å². The highest BCUT2D eigenvalue weighted by Gasteiger charge is 2.12. The zero-order chi connectivity index (χ0) is 13.4. The summed E-state index contributed by atoms with van der Waals surface area (Å²) in [6.07, 6.45) is 3.75. The molecule has 0 aliphatic rings. The molecule has 0 radical (unpaired) electrons. The van der Waals surface area contributed by atoms with Crippen molar-refractivity contribution in [1.29, 1.82) is 0 Å². The summed E-state index contributed by atoms with van der Waals surface area (Å²) >= 11 is 0. The first kappa shape index (κ1) is 11.7. The van der Waals surface area contributed by atoms with Crippen LogP contribution in [0.4, 0.5) is 0 Å². The fraction of sp³-hybridized carbons (Fsp3) is 0.125. The van der Waals surface area contributed by atoms with Crippen molar-refractivity contribution >= 4 is 11.4 Å². The predicted octanol–water partition coefficient (Wildman–Crippen LogP) is 3.18. The van der Waals surface area contributed by atoms with E-state index in [9.17, 15) is 4.79 Å². The summed E-state index contributed by atoms with van der Waals surface area (Å²) in [5, 5.41) is 0. The first-order valence-electron chi connectivity index (χ1n) is 6.20. The number of pyridine rings is 1. The minimum absolute atomic E-state index is 0.0404. The van der Waals surface area contributed by atoms with Crippen LogP contribution in [0.25, 0.3) is 5.65 Å². The number of ketones is 1. The Bertz CT molecular complexity index is 754. The third-order valence-corrected chi connectivity index (χ3v) is 3.15. The van der Waals surface area contributed by atoms with Gasteiger partial charge in [-0.3, -0.25) is 4.79 Å². The highest BCUT2D eigenvalue weighted by molar-refractivity contribution is 6.08. The summed E-state index contributed by atoms with van der Waals surface area (Å²) in [6.45, 7) is 4.02. The first-order valence-corrected chi connectivity index (χ1v) is 6.20. The molecule has 0 atom stereocenters. The quantitative estimate of drug-likeness (QED) is 0.655. The molecule has 3 rings (SSSR count). The Kier molecular flexibility index (Phi) is 2.67. The molecule has 0 bridgehead atoms. The SMILES string of the molecule is Cc1ccc(C(=O)c2cn3cc(C)ccc3n2)cc1. The Hall–Kier alpha value is -2.42. The number of hydrogen-bond acceptors (Lipinski definition) is 2. The van der Waals surface area contributed by atoms with Gasteiger partial charge in [-0.2, -0.15) is 0 Å². The van der Waals surface area contributed by atoms with E-state index >= 15 is 0 Å². The van der Waals surface area contributed by atoms with Crippen LogP contribution in [-0.2, 0) is 0 Å². The molecule has 94 valence electrons. The fourth-order valence-corrected chi connectivity index (χ4v) is 2.07. The molecule has 0 fully saturated rings. The second kappa shape index (κ2) is 4.35. The molecule has 0 N–H and O–H groups in total. The average Bonchev–Trinajstić information content (AvgIpc) is 2.81. The highest BCUT2D eigenvalue weighted by Crippen LogP contribution is 2.12. The van der Waals surface area contributed by atoms with Gasteiger partial charge in [-0.15, -0.1) is 0 Å². The van der Waals surface area contributed by atoms with E-state index in [-0.39, 0.29) is 5.78 Å². The number of carbonyl (C=O) groups excluding carboxylic acids is 1. The molecule has 0 saturated heterocycles. The lowest BCUT2D eigenvalue weighted by Gasteiger charge is -1.97. The molecule has 0 aliphatic carbocycles. The third kappa shape index (κ3) is 2.15. The van der Waals surface area contributed by atoms with E-state index in [1.165, 1.54) is 0 Å². The molecule has 0 amide bonds. The van der Waals surface area contributed by atoms with Gasteiger partial charge >= 0.3 is 0 Å². The Morgan fingerprint density at radius 2 is 1.63 bits per heavy atom. The van der Waals surface area contributed by atoms with Crippen LogP contribution in [0.15, 0.2) is 48.8 Å². The van der Waals surface area contributed by atoms with Crippen molar-refractivity contribution in [2.24, 2.45) is 0 Å². The maximum atomic E-state index is 12.3. The lowest BCUT2D eigenvalue weighted by atomic mass is 10.1. The molecule has 0 unspecified atom stereocenters. The molecule has 1 aromatic carbocycles. The van der Waals surface area contributed by atoms with Crippen LogP contribution in [0.3, 0.4) is 0 Å². The van der Waals surface area contributed by atoms with Gasteiger partial charge in [0, 0.05) is 18.0 Å². The molecule has 3 nitrogen and oxygen atoms in total. The maximum absolute atomic E-state index is 12.3. The van der Waals surface area contributed by atoms with Crippen molar-refractivity contribution in [3.8, 4) is 0 Å². The molecule has 3 heteroatoms. The topological polar surface area (TPSA) is 34.4 Å². The molecule has 0 spiro atoms. The number of nitrogens with zero attached hydrogens (tertiary/aromatic N) is 2. The average molecular weight is 250 g/mol. The molecule has 2 aromatic heterocycles. The van der Waals surface area contributed by atoms with E-state index in [1.807, 2.05) is 60.8 Å². The molecule has 0 saturated carbocycles. The van der Waals surface area contributed by atoms with E-state index in [1.54, 1.807) is 6.20 Å². The van der Waals surface area contributed by atoms with Crippen molar-refractivity contribution < 1.29 is 4.79 Å². The summed E-state index contributed by atoms with van der Waals surface area (Å²) in [5.74, 6) is -0.0404. The van der Waals surface area contributed by atoms with Crippen molar-refractivity contribution in [2.75, 3.05) is 0 Å². The Labute approximate surface area is 111 Å². The number of rotatable bonds is 2. The second-order valence-electron chi connectivity index (χ2n) is 4.79. The van der Waals surface area contributed by atoms with Crippen molar-refractivity contribution in [3.63, 3.8) is 0 Å². The lowest BCUT2D eigenvalue weighted by Crippen LogP contribution is -2.01. The normalized spacial score (nSPS) is 10.8. The Morgan fingerprint density at radius 1 is 0.947 bits per heavy atom. The van der Waals surface area contributed by atoms with Crippen molar-refractivity contribution in [2.45, 2.75) is 13.8 Å². The van der Waals surface area contributed by atoms with Crippen LogP contribution in [0, 0.1) is 13.8 Å². The van der Waals surface area contributed by atoms with E-state index in [0.717, 1.165) is 16.8 Å². The number of aromatic nitrogens is 2. The number of aryl methyl sites for hydroxylation is 2. The van der Waals surface area contributed by atoms with Crippen LogP contribution in [0.1, 0.15) is 27.2 Å². The zero-order valence-corrected chi connectivity index (χ0v) is 10.9. The largest absolute Gasteiger partial charge is 0.306 e. The monoisotopic (exact) mass is 250 g/mol. The molecule has 2 heterocycles. The van der Waals surface area contributed by atoms with Crippen LogP contribution < -0.4 is 0 Å². The van der Waals surface area contributed by atoms with Crippen LogP contribution in [0.2, 0.25) is 0 Å². The van der Waals surface area contributed by atoms with E-state index < -0.39 is 0 Å². The summed E-state index contributed by atoms with van der Waals surface area (Å²) in [6, 6.07) is 11.5. The summed E-state index contributed by atoms with van der Waals surface area (Å²) in [5.41, 5.74) is 4.22. The molecule has 19 heavy (non-hydrogen) atoms. The fourth-order valence-electron chi connectivity index (χ4n) is 2.07. The van der Waals surface area contributed by atoms with Gasteiger partial charge in [0.2, 0.25) is 5.78 Å². The number of carbonyl (C=O) groups is 1. The van der Waals surface area contributed by atoms with Crippen LogP contribution in [0.5, 0.6) is 0 Å². The first-order chi connectivity index (χ1) is 9.13. The number of imidazole rings is 1. The maximum Gasteiger partial charge on any atom is 0.212 e. The summed E-state index contributed by atoms with van der Waals surface area (Å²) in [7, 11) is 0. The Morgan fingerprint density at radius 3 is 2.37 bits per heavy atom. The van der Waals surface area contributed by atoms with Gasteiger partial charge in [0.05, 0.1) is 0 Å². The van der Waals surface area contributed by atoms with Gasteiger partial charge in [-0.05, 0) is 25.5 Å². The highest BCUT2D eigenvalue weighted by atomic mass is 16.1. The third-order valence-electron chi connectivity index (χ3n) is 3.15. The van der Waals surface area contributed by atoms with E-state index in [0.29, 0.717) is 11.3 Å². The van der Waals surface area contributed by atoms with Gasteiger partial charge < -0.3 is 4.40 Å². The zero-order valence-electron chi connectivity index (χ0n) is 10.9. The van der Waals surface area contributed by atoms with Crippen LogP contribution in [-0.4, -0.2) is 15.2 Å². The Balaban J connectivity index is 2.04. The minimum atomic E-state index is -0.0404. The molecule has 3 aromatic rings. The molecular formula is C16H14N2O. The second-order valence-corrected chi connectivity index (χ2v) is 4.79. The molecule has 0 aliphatic heterocycles. The van der Waals surface area contributed by atoms with Crippen molar-refractivity contribution in [3.05, 3.63) is 71.2 Å². The van der Waals surface area contributed by atoms with Gasteiger partial charge in [0.25, 0.3) is 0 Å². The number of benzene rings is 1. The minimum Gasteiger partial charge on any atom is -0.306 e. The smallest absolute Gasteiger partial charge is 0.212 e. The van der Waals surface area contributed by atoms with Gasteiger partial charge in [-0.25, -0.2) is 4.98 Å². The van der Waals surface area contributed by atoms with E-state index in [2.05, 4.69) is 4.98 Å². The van der Waals surface area contributed by atoms with Crippen LogP contribution >= 0.6 is 0 Å². The number of fused-ring (bicyclic) bond motifs is 1.